The maximum atomic E-state index is 13.1. The van der Waals surface area contributed by atoms with Crippen LogP contribution in [0.4, 0.5) is 26.3 Å². The molecule has 152 valence electrons. The summed E-state index contributed by atoms with van der Waals surface area (Å²) in [4.78, 5) is 23.4. The van der Waals surface area contributed by atoms with Crippen LogP contribution in [0.15, 0.2) is 18.2 Å². The fourth-order valence-corrected chi connectivity index (χ4v) is 3.06. The van der Waals surface area contributed by atoms with Crippen molar-refractivity contribution in [2.45, 2.75) is 31.1 Å². The highest BCUT2D eigenvalue weighted by Crippen LogP contribution is 2.38. The Balaban J connectivity index is 2.51. The van der Waals surface area contributed by atoms with Crippen LogP contribution in [0.3, 0.4) is 0 Å². The summed E-state index contributed by atoms with van der Waals surface area (Å²) in [5.41, 5.74) is -1.90. The minimum atomic E-state index is -5.44. The molecule has 0 aromatic heterocycles. The zero-order chi connectivity index (χ0) is 21.1. The third-order valence-electron chi connectivity index (χ3n) is 4.37. The first-order chi connectivity index (χ1) is 12.9. The second-order valence-electron chi connectivity index (χ2n) is 6.18. The number of piperidine rings is 1. The molecule has 5 nitrogen and oxygen atoms in total. The van der Waals surface area contributed by atoms with Gasteiger partial charge < -0.3 is 10.1 Å². The maximum absolute atomic E-state index is 13.1. The summed E-state index contributed by atoms with van der Waals surface area (Å²) in [6.45, 7) is 0.727. The molecular weight excluding hydrogens is 394 g/mol. The van der Waals surface area contributed by atoms with Crippen molar-refractivity contribution < 1.29 is 40.7 Å². The van der Waals surface area contributed by atoms with Gasteiger partial charge in [0.1, 0.15) is 0 Å². The fourth-order valence-electron chi connectivity index (χ4n) is 3.06. The van der Waals surface area contributed by atoms with Gasteiger partial charge in [0.2, 0.25) is 0 Å². The average molecular weight is 408 g/mol. The highest BCUT2D eigenvalue weighted by Gasteiger charge is 2.45. The predicted octanol–water partition coefficient (Wildman–Crippen LogP) is 3.29. The largest absolute Gasteiger partial charge is 0.491 e. The van der Waals surface area contributed by atoms with Gasteiger partial charge >= 0.3 is 24.3 Å². The SMILES string of the molecule is N#Cc1ccc(C(F)(F)F)cc1C(C(=O)OC(=O)C(F)(F)F)C1CCNCC1. The van der Waals surface area contributed by atoms with E-state index >= 15 is 0 Å². The van der Waals surface area contributed by atoms with Crippen molar-refractivity contribution in [3.8, 4) is 6.07 Å². The van der Waals surface area contributed by atoms with Gasteiger partial charge in [-0.05, 0) is 55.6 Å². The summed E-state index contributed by atoms with van der Waals surface area (Å²) >= 11 is 0. The standard InChI is InChI=1S/C17H14F6N2O3/c18-16(19,20)11-2-1-10(8-24)12(7-11)13(9-3-5-25-6-4-9)14(26)28-15(27)17(21,22)23/h1-2,7,9,13,25H,3-6H2. The van der Waals surface area contributed by atoms with Crippen LogP contribution in [-0.4, -0.2) is 31.2 Å². The number of nitrogens with zero attached hydrogens (tertiary/aromatic N) is 1. The van der Waals surface area contributed by atoms with Gasteiger partial charge in [-0.15, -0.1) is 0 Å². The number of carbonyl (C=O) groups excluding carboxylic acids is 2. The number of ether oxygens (including phenoxy) is 1. The Morgan fingerprint density at radius 2 is 1.75 bits per heavy atom. The van der Waals surface area contributed by atoms with Crippen molar-refractivity contribution in [2.24, 2.45) is 5.92 Å². The van der Waals surface area contributed by atoms with E-state index in [1.54, 1.807) is 6.07 Å². The number of hydrogen-bond acceptors (Lipinski definition) is 5. The van der Waals surface area contributed by atoms with E-state index in [9.17, 15) is 41.2 Å². The molecule has 1 saturated heterocycles. The Hall–Kier alpha value is -2.61. The molecular formula is C17H14F6N2O3. The molecule has 0 saturated carbocycles. The smallest absolute Gasteiger partial charge is 0.386 e. The lowest BCUT2D eigenvalue weighted by molar-refractivity contribution is -0.202. The summed E-state index contributed by atoms with van der Waals surface area (Å²) in [5, 5.41) is 12.2. The summed E-state index contributed by atoms with van der Waals surface area (Å²) in [5.74, 6) is -6.72. The monoisotopic (exact) mass is 408 g/mol. The van der Waals surface area contributed by atoms with Gasteiger partial charge in [-0.1, -0.05) is 0 Å². The van der Waals surface area contributed by atoms with Crippen LogP contribution in [-0.2, 0) is 20.5 Å². The van der Waals surface area contributed by atoms with Crippen molar-refractivity contribution in [1.29, 1.82) is 5.26 Å². The third kappa shape index (κ3) is 5.01. The van der Waals surface area contributed by atoms with E-state index in [2.05, 4.69) is 10.1 Å². The highest BCUT2D eigenvalue weighted by molar-refractivity contribution is 5.92. The van der Waals surface area contributed by atoms with Gasteiger partial charge in [-0.25, -0.2) is 4.79 Å². The molecule has 0 amide bonds. The van der Waals surface area contributed by atoms with E-state index in [-0.39, 0.29) is 18.4 Å². The number of esters is 2. The molecule has 1 aromatic carbocycles. The first-order valence-corrected chi connectivity index (χ1v) is 8.10. The summed E-state index contributed by atoms with van der Waals surface area (Å²) < 4.78 is 80.4. The van der Waals surface area contributed by atoms with E-state index in [1.165, 1.54) is 0 Å². The van der Waals surface area contributed by atoms with Gasteiger partial charge in [-0.2, -0.15) is 31.6 Å². The van der Waals surface area contributed by atoms with Crippen LogP contribution in [0.1, 0.15) is 35.4 Å². The van der Waals surface area contributed by atoms with E-state index < -0.39 is 47.3 Å². The molecule has 28 heavy (non-hydrogen) atoms. The molecule has 0 spiro atoms. The topological polar surface area (TPSA) is 79.2 Å². The Morgan fingerprint density at radius 1 is 1.14 bits per heavy atom. The van der Waals surface area contributed by atoms with Gasteiger partial charge in [-0.3, -0.25) is 4.79 Å². The van der Waals surface area contributed by atoms with E-state index in [0.29, 0.717) is 25.2 Å². The number of nitriles is 1. The lowest BCUT2D eigenvalue weighted by Crippen LogP contribution is -2.37. The zero-order valence-electron chi connectivity index (χ0n) is 14.2. The molecule has 1 heterocycles. The predicted molar refractivity (Wildman–Crippen MR) is 81.6 cm³/mol. The van der Waals surface area contributed by atoms with E-state index in [4.69, 9.17) is 0 Å². The Labute approximate surface area is 155 Å². The van der Waals surface area contributed by atoms with Crippen molar-refractivity contribution in [3.05, 3.63) is 34.9 Å². The number of benzene rings is 1. The molecule has 11 heteroatoms. The number of nitrogens with one attached hydrogen (secondary N) is 1. The van der Waals surface area contributed by atoms with Crippen LogP contribution >= 0.6 is 0 Å². The molecule has 2 rings (SSSR count). The van der Waals surface area contributed by atoms with Crippen LogP contribution in [0.5, 0.6) is 0 Å². The van der Waals surface area contributed by atoms with Gasteiger partial charge in [0.25, 0.3) is 0 Å². The molecule has 0 radical (unpaired) electrons. The van der Waals surface area contributed by atoms with Gasteiger partial charge in [0, 0.05) is 0 Å². The first-order valence-electron chi connectivity index (χ1n) is 8.10. The number of alkyl halides is 6. The maximum Gasteiger partial charge on any atom is 0.491 e. The van der Waals surface area contributed by atoms with Crippen molar-refractivity contribution in [3.63, 3.8) is 0 Å². The van der Waals surface area contributed by atoms with E-state index in [0.717, 1.165) is 6.07 Å². The Morgan fingerprint density at radius 3 is 2.25 bits per heavy atom. The number of carbonyl (C=O) groups is 2. The van der Waals surface area contributed by atoms with Crippen LogP contribution in [0.2, 0.25) is 0 Å². The first kappa shape index (κ1) is 21.7. The Bertz CT molecular complexity index is 792. The van der Waals surface area contributed by atoms with Crippen molar-refractivity contribution in [2.75, 3.05) is 13.1 Å². The normalized spacial score (nSPS) is 16.9. The average Bonchev–Trinajstić information content (AvgIpc) is 2.61. The molecule has 0 aliphatic carbocycles. The Kier molecular flexibility index (Phi) is 6.34. The summed E-state index contributed by atoms with van der Waals surface area (Å²) in [6, 6.07) is 3.65. The lowest BCUT2D eigenvalue weighted by atomic mass is 9.78. The summed E-state index contributed by atoms with van der Waals surface area (Å²) in [7, 11) is 0. The fraction of sp³-hybridized carbons (Fsp3) is 0.471. The number of rotatable bonds is 3. The minimum Gasteiger partial charge on any atom is -0.386 e. The molecule has 1 atom stereocenters. The minimum absolute atomic E-state index is 0.237. The second-order valence-corrected chi connectivity index (χ2v) is 6.18. The van der Waals surface area contributed by atoms with Gasteiger partial charge in [0.05, 0.1) is 23.1 Å². The van der Waals surface area contributed by atoms with E-state index in [1.807, 2.05) is 0 Å². The third-order valence-corrected chi connectivity index (χ3v) is 4.37. The quantitative estimate of drug-likeness (QED) is 0.472. The molecule has 1 aliphatic heterocycles. The molecule has 1 N–H and O–H groups in total. The van der Waals surface area contributed by atoms with Crippen molar-refractivity contribution >= 4 is 11.9 Å². The van der Waals surface area contributed by atoms with Crippen LogP contribution in [0.25, 0.3) is 0 Å². The van der Waals surface area contributed by atoms with Crippen molar-refractivity contribution in [1.82, 2.24) is 5.32 Å². The molecule has 1 fully saturated rings. The summed E-state index contributed by atoms with van der Waals surface area (Å²) in [6.07, 6.45) is -9.77. The molecule has 1 aromatic rings. The number of halogens is 6. The highest BCUT2D eigenvalue weighted by atomic mass is 19.4. The molecule has 1 aliphatic rings. The number of hydrogen-bond donors (Lipinski definition) is 1. The zero-order valence-corrected chi connectivity index (χ0v) is 14.2. The second kappa shape index (κ2) is 8.18. The lowest BCUT2D eigenvalue weighted by Gasteiger charge is -2.30. The van der Waals surface area contributed by atoms with Crippen LogP contribution < -0.4 is 5.32 Å². The van der Waals surface area contributed by atoms with Gasteiger partial charge in [0.15, 0.2) is 0 Å². The van der Waals surface area contributed by atoms with Crippen LogP contribution in [0, 0.1) is 17.2 Å². The molecule has 0 bridgehead atoms. The molecule has 1 unspecified atom stereocenters.